The number of pyridine rings is 1. The van der Waals surface area contributed by atoms with Gasteiger partial charge in [0.15, 0.2) is 0 Å². The van der Waals surface area contributed by atoms with Crippen LogP contribution in [0, 0.1) is 13.8 Å². The number of rotatable bonds is 4. The second-order valence-corrected chi connectivity index (χ2v) is 7.90. The number of hydrogen-bond donors (Lipinski definition) is 1. The zero-order valence-corrected chi connectivity index (χ0v) is 17.7. The van der Waals surface area contributed by atoms with Crippen molar-refractivity contribution in [1.29, 1.82) is 0 Å². The van der Waals surface area contributed by atoms with Gasteiger partial charge in [0, 0.05) is 10.9 Å². The monoisotopic (exact) mass is 416 g/mol. The summed E-state index contributed by atoms with van der Waals surface area (Å²) in [6.45, 7) is 4.12. The van der Waals surface area contributed by atoms with Crippen LogP contribution in [0.3, 0.4) is 0 Å². The number of thiophene rings is 1. The van der Waals surface area contributed by atoms with E-state index < -0.39 is 5.97 Å². The summed E-state index contributed by atoms with van der Waals surface area (Å²) in [5.41, 5.74) is 5.70. The van der Waals surface area contributed by atoms with Crippen molar-refractivity contribution in [3.8, 4) is 11.3 Å². The molecule has 0 fully saturated rings. The number of carbonyl (C=O) groups is 2. The van der Waals surface area contributed by atoms with Gasteiger partial charge in [-0.15, -0.1) is 11.3 Å². The molecular weight excluding hydrogens is 396 g/mol. The quantitative estimate of drug-likeness (QED) is 0.439. The Hall–Kier alpha value is -3.51. The number of aryl methyl sites for hydroxylation is 2. The molecule has 30 heavy (non-hydrogen) atoms. The van der Waals surface area contributed by atoms with E-state index in [2.05, 4.69) is 31.3 Å². The van der Waals surface area contributed by atoms with Gasteiger partial charge >= 0.3 is 5.97 Å². The van der Waals surface area contributed by atoms with Crippen LogP contribution < -0.4 is 5.32 Å². The normalized spacial score (nSPS) is 10.8. The molecule has 1 N–H and O–H groups in total. The number of nitrogens with zero attached hydrogens (tertiary/aromatic N) is 1. The molecule has 0 spiro atoms. The second kappa shape index (κ2) is 8.08. The van der Waals surface area contributed by atoms with Crippen molar-refractivity contribution in [3.05, 3.63) is 81.5 Å². The molecule has 4 rings (SSSR count). The number of methoxy groups -OCH3 is 1. The molecule has 0 bridgehead atoms. The van der Waals surface area contributed by atoms with Crippen molar-refractivity contribution < 1.29 is 14.3 Å². The fourth-order valence-electron chi connectivity index (χ4n) is 3.26. The van der Waals surface area contributed by atoms with Crippen molar-refractivity contribution in [3.63, 3.8) is 0 Å². The van der Waals surface area contributed by atoms with Crippen molar-refractivity contribution in [2.24, 2.45) is 0 Å². The average Bonchev–Trinajstić information content (AvgIpc) is 3.22. The molecule has 2 heterocycles. The molecule has 6 heteroatoms. The van der Waals surface area contributed by atoms with Gasteiger partial charge in [0.2, 0.25) is 0 Å². The standard InChI is InChI=1S/C24H20N2O3S/c1-14-8-9-16(12-15(14)2)21-13-18(17-6-4-5-7-19(17)25-21)23(27)26-20-10-11-30-22(20)24(28)29-3/h4-13H,1-3H3,(H,26,27). The number of carbonyl (C=O) groups excluding carboxylic acids is 2. The number of hydrogen-bond acceptors (Lipinski definition) is 5. The van der Waals surface area contributed by atoms with Gasteiger partial charge in [-0.1, -0.05) is 30.3 Å². The lowest BCUT2D eigenvalue weighted by molar-refractivity contribution is 0.0607. The number of amides is 1. The van der Waals surface area contributed by atoms with Gasteiger partial charge in [-0.25, -0.2) is 9.78 Å². The Morgan fingerprint density at radius 1 is 1.00 bits per heavy atom. The Morgan fingerprint density at radius 3 is 2.57 bits per heavy atom. The Labute approximate surface area is 178 Å². The van der Waals surface area contributed by atoms with Gasteiger partial charge in [-0.3, -0.25) is 4.79 Å². The lowest BCUT2D eigenvalue weighted by Gasteiger charge is -2.12. The molecule has 0 aliphatic rings. The first-order valence-corrected chi connectivity index (χ1v) is 10.3. The second-order valence-electron chi connectivity index (χ2n) is 6.98. The number of esters is 1. The zero-order valence-electron chi connectivity index (χ0n) is 16.9. The fraction of sp³-hybridized carbons (Fsp3) is 0.125. The topological polar surface area (TPSA) is 68.3 Å². The van der Waals surface area contributed by atoms with Gasteiger partial charge < -0.3 is 10.1 Å². The molecule has 0 saturated heterocycles. The van der Waals surface area contributed by atoms with E-state index in [4.69, 9.17) is 9.72 Å². The maximum Gasteiger partial charge on any atom is 0.350 e. The molecule has 1 amide bonds. The van der Waals surface area contributed by atoms with E-state index in [0.29, 0.717) is 16.1 Å². The van der Waals surface area contributed by atoms with Crippen LogP contribution in [0.15, 0.2) is 60.0 Å². The molecular formula is C24H20N2O3S. The molecule has 150 valence electrons. The van der Waals surface area contributed by atoms with Crippen LogP contribution in [0.5, 0.6) is 0 Å². The highest BCUT2D eigenvalue weighted by atomic mass is 32.1. The number of benzene rings is 2. The maximum absolute atomic E-state index is 13.2. The summed E-state index contributed by atoms with van der Waals surface area (Å²) in [6.07, 6.45) is 0. The van der Waals surface area contributed by atoms with Gasteiger partial charge in [0.05, 0.1) is 29.6 Å². The summed E-state index contributed by atoms with van der Waals surface area (Å²) in [5, 5.41) is 5.35. The summed E-state index contributed by atoms with van der Waals surface area (Å²) < 4.78 is 4.80. The van der Waals surface area contributed by atoms with Crippen LogP contribution in [0.4, 0.5) is 5.69 Å². The smallest absolute Gasteiger partial charge is 0.350 e. The summed E-state index contributed by atoms with van der Waals surface area (Å²) in [5.74, 6) is -0.780. The molecule has 0 saturated carbocycles. The highest BCUT2D eigenvalue weighted by Gasteiger charge is 2.19. The van der Waals surface area contributed by atoms with Gasteiger partial charge in [-0.05, 0) is 54.6 Å². The molecule has 5 nitrogen and oxygen atoms in total. The van der Waals surface area contributed by atoms with Crippen LogP contribution >= 0.6 is 11.3 Å². The summed E-state index contributed by atoms with van der Waals surface area (Å²) in [6, 6.07) is 17.2. The average molecular weight is 417 g/mol. The first kappa shape index (κ1) is 19.8. The minimum Gasteiger partial charge on any atom is -0.465 e. The Balaban J connectivity index is 1.80. The van der Waals surface area contributed by atoms with Crippen molar-refractivity contribution in [2.45, 2.75) is 13.8 Å². The number of ether oxygens (including phenoxy) is 1. The van der Waals surface area contributed by atoms with Crippen LogP contribution in [0.2, 0.25) is 0 Å². The third-order valence-corrected chi connectivity index (χ3v) is 5.94. The Morgan fingerprint density at radius 2 is 1.80 bits per heavy atom. The molecule has 0 aliphatic heterocycles. The predicted molar refractivity (Wildman–Crippen MR) is 120 cm³/mol. The third kappa shape index (κ3) is 3.69. The van der Waals surface area contributed by atoms with E-state index in [-0.39, 0.29) is 5.91 Å². The molecule has 0 atom stereocenters. The predicted octanol–water partition coefficient (Wildman–Crippen LogP) is 5.62. The molecule has 2 aromatic heterocycles. The number of nitrogens with one attached hydrogen (secondary N) is 1. The molecule has 0 radical (unpaired) electrons. The Kier molecular flexibility index (Phi) is 5.33. The third-order valence-electron chi connectivity index (χ3n) is 5.05. The minimum atomic E-state index is -0.476. The lowest BCUT2D eigenvalue weighted by Crippen LogP contribution is -2.15. The highest BCUT2D eigenvalue weighted by Crippen LogP contribution is 2.28. The maximum atomic E-state index is 13.2. The zero-order chi connectivity index (χ0) is 21.3. The number of fused-ring (bicyclic) bond motifs is 1. The van der Waals surface area contributed by atoms with E-state index >= 15 is 0 Å². The van der Waals surface area contributed by atoms with Crippen molar-refractivity contribution in [2.75, 3.05) is 12.4 Å². The summed E-state index contributed by atoms with van der Waals surface area (Å²) >= 11 is 1.22. The van der Waals surface area contributed by atoms with Crippen molar-refractivity contribution >= 4 is 39.8 Å². The lowest BCUT2D eigenvalue weighted by atomic mass is 10.0. The number of para-hydroxylation sites is 1. The molecule has 0 aliphatic carbocycles. The van der Waals surface area contributed by atoms with Crippen LogP contribution in [-0.4, -0.2) is 24.0 Å². The van der Waals surface area contributed by atoms with Gasteiger partial charge in [-0.2, -0.15) is 0 Å². The SMILES string of the molecule is COC(=O)c1sccc1NC(=O)c1cc(-c2ccc(C)c(C)c2)nc2ccccc12. The fourth-order valence-corrected chi connectivity index (χ4v) is 4.03. The highest BCUT2D eigenvalue weighted by molar-refractivity contribution is 7.12. The Bertz CT molecular complexity index is 1280. The number of aromatic nitrogens is 1. The van der Waals surface area contributed by atoms with Crippen LogP contribution in [-0.2, 0) is 4.74 Å². The van der Waals surface area contributed by atoms with E-state index in [1.54, 1.807) is 17.5 Å². The minimum absolute atomic E-state index is 0.303. The van der Waals surface area contributed by atoms with E-state index in [1.807, 2.05) is 30.3 Å². The van der Waals surface area contributed by atoms with Crippen LogP contribution in [0.25, 0.3) is 22.2 Å². The van der Waals surface area contributed by atoms with E-state index in [0.717, 1.165) is 27.7 Å². The number of anilines is 1. The van der Waals surface area contributed by atoms with Gasteiger partial charge in [0.1, 0.15) is 4.88 Å². The molecule has 4 aromatic rings. The summed E-state index contributed by atoms with van der Waals surface area (Å²) in [7, 11) is 1.32. The van der Waals surface area contributed by atoms with Crippen molar-refractivity contribution in [1.82, 2.24) is 4.98 Å². The first-order chi connectivity index (χ1) is 14.5. The first-order valence-electron chi connectivity index (χ1n) is 9.42. The summed E-state index contributed by atoms with van der Waals surface area (Å²) in [4.78, 5) is 30.3. The molecule has 2 aromatic carbocycles. The molecule has 0 unspecified atom stereocenters. The largest absolute Gasteiger partial charge is 0.465 e. The van der Waals surface area contributed by atoms with Gasteiger partial charge in [0.25, 0.3) is 5.91 Å². The van der Waals surface area contributed by atoms with E-state index in [9.17, 15) is 9.59 Å². The van der Waals surface area contributed by atoms with E-state index in [1.165, 1.54) is 24.0 Å². The van der Waals surface area contributed by atoms with Crippen LogP contribution in [0.1, 0.15) is 31.2 Å².